The summed E-state index contributed by atoms with van der Waals surface area (Å²) < 4.78 is 12.9. The van der Waals surface area contributed by atoms with Gasteiger partial charge in [-0.15, -0.1) is 11.6 Å². The minimum Gasteiger partial charge on any atom is -0.497 e. The Kier molecular flexibility index (Phi) is 4.68. The molecule has 102 valence electrons. The van der Waals surface area contributed by atoms with E-state index in [-0.39, 0.29) is 0 Å². The fourth-order valence-electron chi connectivity index (χ4n) is 1.82. The molecule has 0 atom stereocenters. The predicted molar refractivity (Wildman–Crippen MR) is 75.0 cm³/mol. The van der Waals surface area contributed by atoms with Gasteiger partial charge in [0.1, 0.15) is 17.3 Å². The number of halogens is 1. The van der Waals surface area contributed by atoms with Crippen LogP contribution in [0.4, 0.5) is 0 Å². The van der Waals surface area contributed by atoms with Crippen LogP contribution in [0, 0.1) is 0 Å². The molecule has 4 nitrogen and oxygen atoms in total. The summed E-state index contributed by atoms with van der Waals surface area (Å²) in [6.45, 7) is 0.571. The van der Waals surface area contributed by atoms with Crippen molar-refractivity contribution < 1.29 is 9.47 Å². The Balaban J connectivity index is 1.97. The van der Waals surface area contributed by atoms with Crippen molar-refractivity contribution in [1.82, 2.24) is 9.55 Å². The molecule has 0 saturated heterocycles. The molecule has 5 heteroatoms. The average Bonchev–Trinajstić information content (AvgIpc) is 2.84. The van der Waals surface area contributed by atoms with Crippen LogP contribution in [0.1, 0.15) is 11.4 Å². The van der Waals surface area contributed by atoms with Crippen LogP contribution in [-0.2, 0) is 19.3 Å². The fourth-order valence-corrected chi connectivity index (χ4v) is 2.03. The number of methoxy groups -OCH3 is 1. The van der Waals surface area contributed by atoms with E-state index < -0.39 is 0 Å². The van der Waals surface area contributed by atoms with E-state index in [0.717, 1.165) is 29.3 Å². The lowest BCUT2D eigenvalue weighted by Crippen LogP contribution is -2.07. The molecule has 0 bridgehead atoms. The van der Waals surface area contributed by atoms with Crippen LogP contribution in [0.25, 0.3) is 0 Å². The standard InChI is InChI=1S/C14H17ClN2O2/c1-17-7-6-16-14(17)5-8-19-13-4-3-12(18-2)9-11(13)10-15/h3-4,6-7,9H,5,8,10H2,1-2H3. The highest BCUT2D eigenvalue weighted by molar-refractivity contribution is 6.17. The molecule has 0 aliphatic carbocycles. The molecule has 0 fully saturated rings. The van der Waals surface area contributed by atoms with Gasteiger partial charge in [-0.05, 0) is 18.2 Å². The van der Waals surface area contributed by atoms with Gasteiger partial charge in [-0.25, -0.2) is 4.98 Å². The summed E-state index contributed by atoms with van der Waals surface area (Å²) >= 11 is 5.91. The fraction of sp³-hybridized carbons (Fsp3) is 0.357. The summed E-state index contributed by atoms with van der Waals surface area (Å²) in [6.07, 6.45) is 4.47. The highest BCUT2D eigenvalue weighted by atomic mass is 35.5. The van der Waals surface area contributed by atoms with Crippen LogP contribution in [0.3, 0.4) is 0 Å². The molecule has 0 saturated carbocycles. The molecule has 19 heavy (non-hydrogen) atoms. The summed E-state index contributed by atoms with van der Waals surface area (Å²) in [5.74, 6) is 2.98. The molecular formula is C14H17ClN2O2. The maximum atomic E-state index is 5.91. The van der Waals surface area contributed by atoms with Crippen LogP contribution >= 0.6 is 11.6 Å². The Morgan fingerprint density at radius 2 is 2.21 bits per heavy atom. The lowest BCUT2D eigenvalue weighted by molar-refractivity contribution is 0.314. The van der Waals surface area contributed by atoms with Crippen molar-refractivity contribution in [2.24, 2.45) is 7.05 Å². The second-order valence-corrected chi connectivity index (χ2v) is 4.43. The first-order valence-corrected chi connectivity index (χ1v) is 6.60. The Morgan fingerprint density at radius 3 is 2.84 bits per heavy atom. The van der Waals surface area contributed by atoms with E-state index in [4.69, 9.17) is 21.1 Å². The minimum atomic E-state index is 0.398. The number of aryl methyl sites for hydroxylation is 1. The van der Waals surface area contributed by atoms with Gasteiger partial charge >= 0.3 is 0 Å². The average molecular weight is 281 g/mol. The third kappa shape index (κ3) is 3.41. The van der Waals surface area contributed by atoms with E-state index >= 15 is 0 Å². The SMILES string of the molecule is COc1ccc(OCCc2nccn2C)c(CCl)c1. The highest BCUT2D eigenvalue weighted by Crippen LogP contribution is 2.25. The lowest BCUT2D eigenvalue weighted by atomic mass is 10.2. The van der Waals surface area contributed by atoms with E-state index in [9.17, 15) is 0 Å². The van der Waals surface area contributed by atoms with E-state index in [1.165, 1.54) is 0 Å². The van der Waals surface area contributed by atoms with Crippen molar-refractivity contribution in [2.45, 2.75) is 12.3 Å². The minimum absolute atomic E-state index is 0.398. The number of aromatic nitrogens is 2. The number of hydrogen-bond acceptors (Lipinski definition) is 3. The van der Waals surface area contributed by atoms with Gasteiger partial charge in [0.2, 0.25) is 0 Å². The van der Waals surface area contributed by atoms with Crippen molar-refractivity contribution >= 4 is 11.6 Å². The zero-order valence-corrected chi connectivity index (χ0v) is 11.9. The van der Waals surface area contributed by atoms with Gasteiger partial charge in [-0.3, -0.25) is 0 Å². The van der Waals surface area contributed by atoms with Gasteiger partial charge in [0.15, 0.2) is 0 Å². The number of benzene rings is 1. The van der Waals surface area contributed by atoms with E-state index in [1.807, 2.05) is 36.0 Å². The number of rotatable bonds is 6. The number of hydrogen-bond donors (Lipinski definition) is 0. The molecule has 2 rings (SSSR count). The van der Waals surface area contributed by atoms with Gasteiger partial charge in [0.25, 0.3) is 0 Å². The Labute approximate surface area is 117 Å². The first-order valence-electron chi connectivity index (χ1n) is 6.06. The van der Waals surface area contributed by atoms with Crippen LogP contribution in [0.5, 0.6) is 11.5 Å². The number of alkyl halides is 1. The van der Waals surface area contributed by atoms with Crippen LogP contribution in [0.2, 0.25) is 0 Å². The van der Waals surface area contributed by atoms with Crippen LogP contribution < -0.4 is 9.47 Å². The molecule has 0 aliphatic rings. The summed E-state index contributed by atoms with van der Waals surface area (Å²) in [6, 6.07) is 5.64. The zero-order valence-electron chi connectivity index (χ0n) is 11.1. The topological polar surface area (TPSA) is 36.3 Å². The molecule has 0 amide bonds. The van der Waals surface area contributed by atoms with E-state index in [0.29, 0.717) is 12.5 Å². The molecule has 1 aromatic heterocycles. The van der Waals surface area contributed by atoms with Gasteiger partial charge in [-0.1, -0.05) is 0 Å². The van der Waals surface area contributed by atoms with Crippen molar-refractivity contribution in [1.29, 1.82) is 0 Å². The van der Waals surface area contributed by atoms with Crippen LogP contribution in [0.15, 0.2) is 30.6 Å². The molecular weight excluding hydrogens is 264 g/mol. The van der Waals surface area contributed by atoms with Gasteiger partial charge in [-0.2, -0.15) is 0 Å². The Hall–Kier alpha value is -1.68. The largest absolute Gasteiger partial charge is 0.497 e. The molecule has 0 spiro atoms. The second-order valence-electron chi connectivity index (χ2n) is 4.16. The number of nitrogens with zero attached hydrogens (tertiary/aromatic N) is 2. The maximum Gasteiger partial charge on any atom is 0.123 e. The third-order valence-electron chi connectivity index (χ3n) is 2.92. The van der Waals surface area contributed by atoms with Gasteiger partial charge < -0.3 is 14.0 Å². The normalized spacial score (nSPS) is 10.5. The molecule has 0 unspecified atom stereocenters. The summed E-state index contributed by atoms with van der Waals surface area (Å²) in [5, 5.41) is 0. The first-order chi connectivity index (χ1) is 9.24. The number of imidazole rings is 1. The Morgan fingerprint density at radius 1 is 1.37 bits per heavy atom. The first kappa shape index (κ1) is 13.7. The zero-order chi connectivity index (χ0) is 13.7. The molecule has 0 aliphatic heterocycles. The molecule has 1 heterocycles. The van der Waals surface area contributed by atoms with E-state index in [1.54, 1.807) is 13.3 Å². The maximum absolute atomic E-state index is 5.91. The Bertz CT molecular complexity index is 540. The van der Waals surface area contributed by atoms with Crippen LogP contribution in [-0.4, -0.2) is 23.3 Å². The van der Waals surface area contributed by atoms with Crippen molar-refractivity contribution in [3.8, 4) is 11.5 Å². The molecule has 1 aromatic carbocycles. The predicted octanol–water partition coefficient (Wildman–Crippen LogP) is 2.79. The summed E-state index contributed by atoms with van der Waals surface area (Å²) in [4.78, 5) is 4.25. The smallest absolute Gasteiger partial charge is 0.123 e. The molecule has 2 aromatic rings. The molecule has 0 N–H and O–H groups in total. The van der Waals surface area contributed by atoms with Crippen molar-refractivity contribution in [3.05, 3.63) is 42.0 Å². The second kappa shape index (κ2) is 6.48. The summed E-state index contributed by atoms with van der Waals surface area (Å²) in [5.41, 5.74) is 0.931. The van der Waals surface area contributed by atoms with Crippen molar-refractivity contribution in [3.63, 3.8) is 0 Å². The quantitative estimate of drug-likeness (QED) is 0.764. The molecule has 0 radical (unpaired) electrons. The summed E-state index contributed by atoms with van der Waals surface area (Å²) in [7, 11) is 3.61. The number of ether oxygens (including phenoxy) is 2. The highest BCUT2D eigenvalue weighted by Gasteiger charge is 2.06. The van der Waals surface area contributed by atoms with Gasteiger partial charge in [0, 0.05) is 31.4 Å². The van der Waals surface area contributed by atoms with Gasteiger partial charge in [0.05, 0.1) is 19.6 Å². The lowest BCUT2D eigenvalue weighted by Gasteiger charge is -2.11. The van der Waals surface area contributed by atoms with E-state index in [2.05, 4.69) is 4.98 Å². The monoisotopic (exact) mass is 280 g/mol. The van der Waals surface area contributed by atoms with Crippen molar-refractivity contribution in [2.75, 3.05) is 13.7 Å². The third-order valence-corrected chi connectivity index (χ3v) is 3.20.